The number of likely N-dealkylation sites (tertiary alicyclic amines) is 1. The molecule has 4 N–H and O–H groups in total. The van der Waals surface area contributed by atoms with Crippen LogP contribution in [0.15, 0.2) is 30.5 Å². The Labute approximate surface area is 204 Å². The highest BCUT2D eigenvalue weighted by molar-refractivity contribution is 5.97. The number of nitrogens with two attached hydrogens (primary N) is 1. The second-order valence-corrected chi connectivity index (χ2v) is 9.12. The first kappa shape index (κ1) is 24.2. The van der Waals surface area contributed by atoms with Gasteiger partial charge in [-0.25, -0.2) is 14.8 Å². The largest absolute Gasteiger partial charge is 0.364 e. The predicted octanol–water partition coefficient (Wildman–Crippen LogP) is 1.80. The van der Waals surface area contributed by atoms with E-state index in [4.69, 9.17) is 5.73 Å². The van der Waals surface area contributed by atoms with Crippen molar-refractivity contribution in [1.82, 2.24) is 25.1 Å². The van der Waals surface area contributed by atoms with Crippen molar-refractivity contribution in [2.75, 3.05) is 50.5 Å². The number of hydrogen-bond donors (Lipinski definition) is 3. The zero-order chi connectivity index (χ0) is 24.9. The van der Waals surface area contributed by atoms with Crippen LogP contribution in [0.4, 0.5) is 22.1 Å². The highest BCUT2D eigenvalue weighted by atomic mass is 16.2. The van der Waals surface area contributed by atoms with Crippen LogP contribution in [0.25, 0.3) is 0 Å². The highest BCUT2D eigenvalue weighted by Crippen LogP contribution is 2.24. The number of primary amides is 1. The first-order valence-electron chi connectivity index (χ1n) is 11.9. The topological polar surface area (TPSA) is 137 Å². The Morgan fingerprint density at radius 1 is 1.06 bits per heavy atom. The van der Waals surface area contributed by atoms with Gasteiger partial charge in [0.05, 0.1) is 6.20 Å². The average molecular weight is 481 g/mol. The maximum Gasteiger partial charge on any atom is 0.317 e. The number of rotatable bonds is 6. The van der Waals surface area contributed by atoms with Crippen LogP contribution in [-0.2, 0) is 0 Å². The molecule has 4 rings (SSSR count). The molecule has 35 heavy (non-hydrogen) atoms. The third kappa shape index (κ3) is 5.79. The number of urea groups is 1. The molecule has 0 bridgehead atoms. The number of amides is 4. The van der Waals surface area contributed by atoms with Gasteiger partial charge in [-0.05, 0) is 49.9 Å². The smallest absolute Gasteiger partial charge is 0.317 e. The summed E-state index contributed by atoms with van der Waals surface area (Å²) < 4.78 is 0. The molecule has 4 amide bonds. The normalized spacial score (nSPS) is 17.7. The molecule has 1 atom stereocenters. The molecular formula is C24H32N8O3. The van der Waals surface area contributed by atoms with Crippen molar-refractivity contribution in [3.63, 3.8) is 0 Å². The fraction of sp³-hybridized carbons (Fsp3) is 0.458. The number of hydrogen-bond acceptors (Lipinski definition) is 7. The van der Waals surface area contributed by atoms with E-state index in [1.54, 1.807) is 38.4 Å². The van der Waals surface area contributed by atoms with Gasteiger partial charge in [0.25, 0.3) is 11.8 Å². The molecule has 0 aliphatic carbocycles. The molecule has 0 saturated carbocycles. The molecular weight excluding hydrogens is 448 g/mol. The first-order chi connectivity index (χ1) is 16.8. The minimum Gasteiger partial charge on any atom is -0.364 e. The highest BCUT2D eigenvalue weighted by Gasteiger charge is 2.25. The Bertz CT molecular complexity index is 1080. The van der Waals surface area contributed by atoms with Gasteiger partial charge in [-0.2, -0.15) is 0 Å². The second kappa shape index (κ2) is 10.6. The van der Waals surface area contributed by atoms with Crippen LogP contribution < -0.4 is 21.3 Å². The number of nitrogens with zero attached hydrogens (tertiary/aromatic N) is 5. The molecule has 1 aromatic heterocycles. The third-order valence-electron chi connectivity index (χ3n) is 6.26. The first-order valence-corrected chi connectivity index (χ1v) is 11.9. The SMILES string of the molecule is CN(C)C(=O)NC1CCCN(c2cnc(C(N)=O)c(Nc3ccc(C(=O)N4CCCC4)cc3)n2)C1. The van der Waals surface area contributed by atoms with Gasteiger partial charge in [0.2, 0.25) is 0 Å². The van der Waals surface area contributed by atoms with Crippen molar-refractivity contribution in [2.45, 2.75) is 31.7 Å². The van der Waals surface area contributed by atoms with Crippen molar-refractivity contribution in [3.8, 4) is 0 Å². The zero-order valence-electron chi connectivity index (χ0n) is 20.2. The van der Waals surface area contributed by atoms with Crippen molar-refractivity contribution >= 4 is 35.2 Å². The van der Waals surface area contributed by atoms with E-state index >= 15 is 0 Å². The number of carbonyl (C=O) groups excluding carboxylic acids is 3. The van der Waals surface area contributed by atoms with Gasteiger partial charge in [-0.15, -0.1) is 0 Å². The van der Waals surface area contributed by atoms with Gasteiger partial charge in [0.1, 0.15) is 5.82 Å². The lowest BCUT2D eigenvalue weighted by Gasteiger charge is -2.34. The van der Waals surface area contributed by atoms with Crippen LogP contribution in [0.5, 0.6) is 0 Å². The fourth-order valence-electron chi connectivity index (χ4n) is 4.34. The molecule has 3 heterocycles. The van der Waals surface area contributed by atoms with E-state index in [0.717, 1.165) is 45.3 Å². The van der Waals surface area contributed by atoms with Gasteiger partial charge in [-0.1, -0.05) is 0 Å². The number of anilines is 3. The van der Waals surface area contributed by atoms with Gasteiger partial charge in [0.15, 0.2) is 11.5 Å². The molecule has 11 nitrogen and oxygen atoms in total. The zero-order valence-corrected chi connectivity index (χ0v) is 20.2. The second-order valence-electron chi connectivity index (χ2n) is 9.12. The molecule has 0 radical (unpaired) electrons. The quantitative estimate of drug-likeness (QED) is 0.573. The molecule has 2 aliphatic rings. The number of piperidine rings is 1. The van der Waals surface area contributed by atoms with E-state index in [0.29, 0.717) is 23.6 Å². The Balaban J connectivity index is 1.50. The average Bonchev–Trinajstić information content (AvgIpc) is 3.39. The lowest BCUT2D eigenvalue weighted by atomic mass is 10.1. The van der Waals surface area contributed by atoms with Crippen molar-refractivity contribution in [3.05, 3.63) is 41.7 Å². The summed E-state index contributed by atoms with van der Waals surface area (Å²) in [5, 5.41) is 6.14. The minimum atomic E-state index is -0.692. The fourth-order valence-corrected chi connectivity index (χ4v) is 4.34. The lowest BCUT2D eigenvalue weighted by Crippen LogP contribution is -2.50. The predicted molar refractivity (Wildman–Crippen MR) is 133 cm³/mol. The van der Waals surface area contributed by atoms with E-state index < -0.39 is 5.91 Å². The van der Waals surface area contributed by atoms with Crippen LogP contribution in [0.3, 0.4) is 0 Å². The number of carbonyl (C=O) groups is 3. The summed E-state index contributed by atoms with van der Waals surface area (Å²) in [7, 11) is 3.41. The molecule has 2 aliphatic heterocycles. The summed E-state index contributed by atoms with van der Waals surface area (Å²) in [5.74, 6) is 0.159. The van der Waals surface area contributed by atoms with Crippen molar-refractivity contribution < 1.29 is 14.4 Å². The van der Waals surface area contributed by atoms with Crippen LogP contribution in [0.1, 0.15) is 46.5 Å². The standard InChI is InChI=1S/C24H32N8O3/c1-30(2)24(35)28-18-6-5-13-32(15-18)19-14-26-20(21(25)33)22(29-19)27-17-9-7-16(8-10-17)23(34)31-11-3-4-12-31/h7-10,14,18H,3-6,11-13,15H2,1-2H3,(H2,25,33)(H,27,29)(H,28,35). The number of nitrogens with one attached hydrogen (secondary N) is 2. The van der Waals surface area contributed by atoms with Crippen LogP contribution >= 0.6 is 0 Å². The number of benzene rings is 1. The molecule has 2 fully saturated rings. The molecule has 186 valence electrons. The summed E-state index contributed by atoms with van der Waals surface area (Å²) >= 11 is 0. The summed E-state index contributed by atoms with van der Waals surface area (Å²) in [4.78, 5) is 50.9. The maximum absolute atomic E-state index is 12.6. The lowest BCUT2D eigenvalue weighted by molar-refractivity contribution is 0.0792. The minimum absolute atomic E-state index is 0.0200. The molecule has 2 aromatic rings. The number of aromatic nitrogens is 2. The molecule has 2 saturated heterocycles. The van der Waals surface area contributed by atoms with E-state index in [2.05, 4.69) is 20.6 Å². The van der Waals surface area contributed by atoms with Crippen molar-refractivity contribution in [2.24, 2.45) is 5.73 Å². The molecule has 1 aromatic carbocycles. The van der Waals surface area contributed by atoms with Crippen LogP contribution in [0, 0.1) is 0 Å². The van der Waals surface area contributed by atoms with Crippen LogP contribution in [-0.4, -0.2) is 83.9 Å². The Morgan fingerprint density at radius 2 is 1.77 bits per heavy atom. The Hall–Kier alpha value is -3.89. The van der Waals surface area contributed by atoms with E-state index in [9.17, 15) is 14.4 Å². The van der Waals surface area contributed by atoms with E-state index in [1.807, 2.05) is 9.80 Å². The van der Waals surface area contributed by atoms with Crippen LogP contribution in [0.2, 0.25) is 0 Å². The summed E-state index contributed by atoms with van der Waals surface area (Å²) in [6.07, 6.45) is 5.36. The molecule has 0 spiro atoms. The molecule has 1 unspecified atom stereocenters. The maximum atomic E-state index is 12.6. The molecule has 11 heteroatoms. The van der Waals surface area contributed by atoms with Crippen molar-refractivity contribution in [1.29, 1.82) is 0 Å². The summed E-state index contributed by atoms with van der Waals surface area (Å²) in [5.41, 5.74) is 6.84. The van der Waals surface area contributed by atoms with Gasteiger partial charge >= 0.3 is 6.03 Å². The van der Waals surface area contributed by atoms with E-state index in [1.165, 1.54) is 11.1 Å². The van der Waals surface area contributed by atoms with Gasteiger partial charge in [0, 0.05) is 57.6 Å². The van der Waals surface area contributed by atoms with Gasteiger partial charge in [-0.3, -0.25) is 9.59 Å². The summed E-state index contributed by atoms with van der Waals surface area (Å²) in [6, 6.07) is 6.90. The van der Waals surface area contributed by atoms with E-state index in [-0.39, 0.29) is 29.5 Å². The Kier molecular flexibility index (Phi) is 7.33. The Morgan fingerprint density at radius 3 is 2.43 bits per heavy atom. The van der Waals surface area contributed by atoms with Gasteiger partial charge < -0.3 is 31.1 Å². The summed E-state index contributed by atoms with van der Waals surface area (Å²) in [6.45, 7) is 2.92. The monoisotopic (exact) mass is 480 g/mol. The third-order valence-corrected chi connectivity index (χ3v) is 6.26.